The van der Waals surface area contributed by atoms with Crippen LogP contribution in [0.3, 0.4) is 0 Å². The molecule has 5 nitrogen and oxygen atoms in total. The molecule has 0 saturated carbocycles. The first-order chi connectivity index (χ1) is 16.1. The van der Waals surface area contributed by atoms with E-state index in [0.717, 1.165) is 44.4 Å². The number of carbonyl (C=O) groups is 1. The van der Waals surface area contributed by atoms with Crippen LogP contribution in [0.5, 0.6) is 5.75 Å². The summed E-state index contributed by atoms with van der Waals surface area (Å²) in [6.45, 7) is 0. The summed E-state index contributed by atoms with van der Waals surface area (Å²) in [7, 11) is 3.68. The van der Waals surface area contributed by atoms with E-state index in [1.165, 1.54) is 0 Å². The third-order valence-corrected chi connectivity index (χ3v) is 6.18. The Balaban J connectivity index is 1.70. The number of alkyl halides is 1. The van der Waals surface area contributed by atoms with E-state index in [0.29, 0.717) is 11.4 Å². The lowest BCUT2D eigenvalue weighted by Gasteiger charge is -2.12. The standard InChI is InChI=1S/C27H22ClN3O2/c1-31-23-10-6-5-9-21(23)22-15-24(30-27(32)20-8-4-3-7-18(20)16-28)29-25(26(22)31)17-11-13-19(33-2)14-12-17/h3-15H,16H2,1-2H3,(H,29,30,32). The number of ether oxygens (including phenoxy) is 1. The van der Waals surface area contributed by atoms with Gasteiger partial charge >= 0.3 is 0 Å². The average Bonchev–Trinajstić information content (AvgIpc) is 3.15. The van der Waals surface area contributed by atoms with Crippen molar-refractivity contribution in [2.24, 2.45) is 7.05 Å². The zero-order chi connectivity index (χ0) is 22.9. The van der Waals surface area contributed by atoms with Crippen molar-refractivity contribution >= 4 is 45.1 Å². The molecule has 1 N–H and O–H groups in total. The number of nitrogens with zero attached hydrogens (tertiary/aromatic N) is 2. The molecule has 0 bridgehead atoms. The van der Waals surface area contributed by atoms with Crippen LogP contribution in [0.15, 0.2) is 78.9 Å². The van der Waals surface area contributed by atoms with Crippen LogP contribution in [0.4, 0.5) is 5.82 Å². The fraction of sp³-hybridized carbons (Fsp3) is 0.111. The summed E-state index contributed by atoms with van der Waals surface area (Å²) >= 11 is 6.05. The highest BCUT2D eigenvalue weighted by molar-refractivity contribution is 6.18. The Morgan fingerprint density at radius 2 is 1.73 bits per heavy atom. The number of nitrogens with one attached hydrogen (secondary N) is 1. The molecule has 0 aliphatic heterocycles. The lowest BCUT2D eigenvalue weighted by Crippen LogP contribution is -2.15. The number of pyridine rings is 1. The molecule has 0 spiro atoms. The van der Waals surface area contributed by atoms with Crippen LogP contribution in [-0.2, 0) is 12.9 Å². The number of methoxy groups -OCH3 is 1. The van der Waals surface area contributed by atoms with Gasteiger partial charge in [0.2, 0.25) is 0 Å². The van der Waals surface area contributed by atoms with Gasteiger partial charge < -0.3 is 14.6 Å². The molecule has 1 amide bonds. The van der Waals surface area contributed by atoms with Gasteiger partial charge in [0.25, 0.3) is 5.91 Å². The van der Waals surface area contributed by atoms with Crippen LogP contribution < -0.4 is 10.1 Å². The van der Waals surface area contributed by atoms with Crippen molar-refractivity contribution in [2.75, 3.05) is 12.4 Å². The Labute approximate surface area is 196 Å². The molecule has 5 aromatic rings. The molecule has 0 fully saturated rings. The van der Waals surface area contributed by atoms with E-state index in [1.54, 1.807) is 13.2 Å². The summed E-state index contributed by atoms with van der Waals surface area (Å²) in [4.78, 5) is 18.0. The maximum absolute atomic E-state index is 13.1. The van der Waals surface area contributed by atoms with Crippen molar-refractivity contribution in [3.63, 3.8) is 0 Å². The molecule has 33 heavy (non-hydrogen) atoms. The molecule has 2 aromatic heterocycles. The molecule has 0 unspecified atom stereocenters. The van der Waals surface area contributed by atoms with Crippen molar-refractivity contribution < 1.29 is 9.53 Å². The van der Waals surface area contributed by atoms with Gasteiger partial charge in [-0.05, 0) is 48.0 Å². The van der Waals surface area contributed by atoms with E-state index in [4.69, 9.17) is 21.3 Å². The normalized spacial score (nSPS) is 11.1. The van der Waals surface area contributed by atoms with Crippen molar-refractivity contribution in [1.29, 1.82) is 0 Å². The van der Waals surface area contributed by atoms with Gasteiger partial charge in [0.1, 0.15) is 11.6 Å². The van der Waals surface area contributed by atoms with Crippen LogP contribution >= 0.6 is 11.6 Å². The largest absolute Gasteiger partial charge is 0.497 e. The second-order valence-electron chi connectivity index (χ2n) is 7.80. The SMILES string of the molecule is COc1ccc(-c2nc(NC(=O)c3ccccc3CCl)cc3c4ccccc4n(C)c23)cc1. The van der Waals surface area contributed by atoms with Gasteiger partial charge in [-0.1, -0.05) is 36.4 Å². The molecule has 164 valence electrons. The van der Waals surface area contributed by atoms with Crippen LogP contribution in [0, 0.1) is 0 Å². The lowest BCUT2D eigenvalue weighted by atomic mass is 10.1. The number of rotatable bonds is 5. The maximum atomic E-state index is 13.1. The van der Waals surface area contributed by atoms with E-state index in [-0.39, 0.29) is 11.8 Å². The minimum Gasteiger partial charge on any atom is -0.497 e. The van der Waals surface area contributed by atoms with Crippen molar-refractivity contribution in [3.05, 3.63) is 90.0 Å². The average molecular weight is 456 g/mol. The van der Waals surface area contributed by atoms with Gasteiger partial charge in [-0.2, -0.15) is 0 Å². The van der Waals surface area contributed by atoms with Gasteiger partial charge in [0.15, 0.2) is 0 Å². The van der Waals surface area contributed by atoms with E-state index >= 15 is 0 Å². The Morgan fingerprint density at radius 3 is 2.48 bits per heavy atom. The fourth-order valence-corrected chi connectivity index (χ4v) is 4.49. The zero-order valence-corrected chi connectivity index (χ0v) is 19.1. The van der Waals surface area contributed by atoms with Crippen LogP contribution in [0.1, 0.15) is 15.9 Å². The van der Waals surface area contributed by atoms with Crippen LogP contribution in [0.2, 0.25) is 0 Å². The molecule has 0 radical (unpaired) electrons. The predicted molar refractivity (Wildman–Crippen MR) is 134 cm³/mol. The summed E-state index contributed by atoms with van der Waals surface area (Å²) in [5, 5.41) is 5.11. The number of fused-ring (bicyclic) bond motifs is 3. The summed E-state index contributed by atoms with van der Waals surface area (Å²) in [5.74, 6) is 1.28. The molecule has 0 aliphatic carbocycles. The minimum absolute atomic E-state index is 0.237. The van der Waals surface area contributed by atoms with Gasteiger partial charge in [-0.15, -0.1) is 11.6 Å². The highest BCUT2D eigenvalue weighted by Gasteiger charge is 2.18. The topological polar surface area (TPSA) is 56.1 Å². The van der Waals surface area contributed by atoms with Crippen LogP contribution in [0.25, 0.3) is 33.1 Å². The molecule has 3 aromatic carbocycles. The van der Waals surface area contributed by atoms with Gasteiger partial charge in [0.05, 0.1) is 18.3 Å². The number of benzene rings is 3. The first kappa shape index (κ1) is 21.0. The number of halogens is 1. The molecule has 6 heteroatoms. The molecular formula is C27H22ClN3O2. The molecular weight excluding hydrogens is 434 g/mol. The summed E-state index contributed by atoms with van der Waals surface area (Å²) < 4.78 is 7.46. The maximum Gasteiger partial charge on any atom is 0.257 e. The number of para-hydroxylation sites is 1. The summed E-state index contributed by atoms with van der Waals surface area (Å²) in [6.07, 6.45) is 0. The first-order valence-electron chi connectivity index (χ1n) is 10.6. The quantitative estimate of drug-likeness (QED) is 0.312. The van der Waals surface area contributed by atoms with Gasteiger partial charge in [-0.25, -0.2) is 4.98 Å². The third-order valence-electron chi connectivity index (χ3n) is 5.89. The molecule has 0 saturated heterocycles. The molecule has 0 atom stereocenters. The Bertz CT molecular complexity index is 1490. The Kier molecular flexibility index (Phi) is 5.48. The number of hydrogen-bond donors (Lipinski definition) is 1. The monoisotopic (exact) mass is 455 g/mol. The highest BCUT2D eigenvalue weighted by atomic mass is 35.5. The van der Waals surface area contributed by atoms with E-state index < -0.39 is 0 Å². The summed E-state index contributed by atoms with van der Waals surface area (Å²) in [6, 6.07) is 25.3. The van der Waals surface area contributed by atoms with E-state index in [1.807, 2.05) is 67.7 Å². The number of amides is 1. The zero-order valence-electron chi connectivity index (χ0n) is 18.3. The van der Waals surface area contributed by atoms with Gasteiger partial charge in [-0.3, -0.25) is 4.79 Å². The minimum atomic E-state index is -0.237. The second-order valence-corrected chi connectivity index (χ2v) is 8.07. The first-order valence-corrected chi connectivity index (χ1v) is 11.1. The number of aryl methyl sites for hydroxylation is 1. The molecule has 5 rings (SSSR count). The fourth-order valence-electron chi connectivity index (χ4n) is 4.25. The number of aromatic nitrogens is 2. The van der Waals surface area contributed by atoms with E-state index in [9.17, 15) is 4.79 Å². The van der Waals surface area contributed by atoms with Crippen molar-refractivity contribution in [1.82, 2.24) is 9.55 Å². The number of hydrogen-bond acceptors (Lipinski definition) is 3. The number of carbonyl (C=O) groups excluding carboxylic acids is 1. The molecule has 0 aliphatic rings. The van der Waals surface area contributed by atoms with Gasteiger partial charge in [0, 0.05) is 40.3 Å². The lowest BCUT2D eigenvalue weighted by molar-refractivity contribution is 0.102. The van der Waals surface area contributed by atoms with Crippen LogP contribution in [-0.4, -0.2) is 22.6 Å². The predicted octanol–water partition coefficient (Wildman–Crippen LogP) is 6.39. The van der Waals surface area contributed by atoms with E-state index in [2.05, 4.69) is 22.0 Å². The number of anilines is 1. The highest BCUT2D eigenvalue weighted by Crippen LogP contribution is 2.36. The Morgan fingerprint density at radius 1 is 1.00 bits per heavy atom. The molecule has 2 heterocycles. The summed E-state index contributed by atoms with van der Waals surface area (Å²) in [5.41, 5.74) is 5.14. The smallest absolute Gasteiger partial charge is 0.257 e. The Hall–Kier alpha value is -3.83. The third kappa shape index (κ3) is 3.70. The second kappa shape index (κ2) is 8.60. The van der Waals surface area contributed by atoms with Crippen molar-refractivity contribution in [2.45, 2.75) is 5.88 Å². The van der Waals surface area contributed by atoms with Crippen molar-refractivity contribution in [3.8, 4) is 17.0 Å².